The van der Waals surface area contributed by atoms with Crippen LogP contribution >= 0.6 is 27.5 Å². The van der Waals surface area contributed by atoms with Crippen molar-refractivity contribution in [2.24, 2.45) is 0 Å². The number of rotatable bonds is 4. The molecule has 0 saturated heterocycles. The van der Waals surface area contributed by atoms with Crippen LogP contribution in [-0.2, 0) is 11.3 Å². The van der Waals surface area contributed by atoms with Gasteiger partial charge in [0.15, 0.2) is 0 Å². The van der Waals surface area contributed by atoms with E-state index >= 15 is 0 Å². The minimum Gasteiger partial charge on any atom is -0.325 e. The highest BCUT2D eigenvalue weighted by Crippen LogP contribution is 2.18. The second kappa shape index (κ2) is 8.49. The Morgan fingerprint density at radius 1 is 1.03 bits per heavy atom. The van der Waals surface area contributed by atoms with Crippen LogP contribution in [0.1, 0.15) is 0 Å². The van der Waals surface area contributed by atoms with Crippen molar-refractivity contribution in [2.75, 3.05) is 5.32 Å². The van der Waals surface area contributed by atoms with E-state index in [1.54, 1.807) is 36.4 Å². The monoisotopic (exact) mass is 501 g/mol. The van der Waals surface area contributed by atoms with Crippen LogP contribution in [0.4, 0.5) is 10.1 Å². The molecule has 0 saturated carbocycles. The van der Waals surface area contributed by atoms with Gasteiger partial charge in [0.25, 0.3) is 5.56 Å². The predicted molar refractivity (Wildman–Crippen MR) is 122 cm³/mol. The number of hydrogen-bond donors (Lipinski definition) is 1. The molecule has 3 aromatic carbocycles. The SMILES string of the molecule is O=C(Cn1c(=O)n(-c2cccc(Cl)c2)c(=O)c2cc(Br)ccc21)Nc1ccc(F)cc1. The number of amides is 1. The molecule has 0 unspecified atom stereocenters. The first-order valence-corrected chi connectivity index (χ1v) is 10.3. The largest absolute Gasteiger partial charge is 0.336 e. The highest BCUT2D eigenvalue weighted by Gasteiger charge is 2.17. The number of carbonyl (C=O) groups is 1. The second-order valence-corrected chi connectivity index (χ2v) is 8.06. The third-order valence-corrected chi connectivity index (χ3v) is 5.33. The van der Waals surface area contributed by atoms with Gasteiger partial charge in [0.05, 0.1) is 16.6 Å². The number of hydrogen-bond acceptors (Lipinski definition) is 3. The van der Waals surface area contributed by atoms with E-state index in [1.807, 2.05) is 0 Å². The Morgan fingerprint density at radius 3 is 2.48 bits per heavy atom. The zero-order valence-electron chi connectivity index (χ0n) is 15.8. The Bertz CT molecular complexity index is 1430. The smallest absolute Gasteiger partial charge is 0.325 e. The molecule has 0 spiro atoms. The molecular weight excluding hydrogens is 489 g/mol. The van der Waals surface area contributed by atoms with Gasteiger partial charge in [-0.25, -0.2) is 13.8 Å². The van der Waals surface area contributed by atoms with Crippen LogP contribution in [-0.4, -0.2) is 15.0 Å². The summed E-state index contributed by atoms with van der Waals surface area (Å²) < 4.78 is 15.9. The van der Waals surface area contributed by atoms with Crippen molar-refractivity contribution >= 4 is 50.0 Å². The fourth-order valence-corrected chi connectivity index (χ4v) is 3.76. The number of carbonyl (C=O) groups excluding carboxylic acids is 1. The van der Waals surface area contributed by atoms with E-state index in [0.717, 1.165) is 4.57 Å². The van der Waals surface area contributed by atoms with Gasteiger partial charge in [-0.15, -0.1) is 0 Å². The number of nitrogens with zero attached hydrogens (tertiary/aromatic N) is 2. The normalized spacial score (nSPS) is 10.9. The maximum absolute atomic E-state index is 13.3. The lowest BCUT2D eigenvalue weighted by atomic mass is 10.2. The van der Waals surface area contributed by atoms with Gasteiger partial charge in [-0.2, -0.15) is 0 Å². The zero-order chi connectivity index (χ0) is 22.1. The molecule has 9 heteroatoms. The van der Waals surface area contributed by atoms with Crippen molar-refractivity contribution in [1.82, 2.24) is 9.13 Å². The van der Waals surface area contributed by atoms with Gasteiger partial charge in [0.2, 0.25) is 5.91 Å². The Labute approximate surface area is 188 Å². The van der Waals surface area contributed by atoms with Crippen LogP contribution in [0.5, 0.6) is 0 Å². The average molecular weight is 503 g/mol. The highest BCUT2D eigenvalue weighted by atomic mass is 79.9. The Kier molecular flexibility index (Phi) is 5.75. The van der Waals surface area contributed by atoms with E-state index in [4.69, 9.17) is 11.6 Å². The molecule has 0 aliphatic heterocycles. The molecule has 1 N–H and O–H groups in total. The summed E-state index contributed by atoms with van der Waals surface area (Å²) in [6, 6.07) is 16.5. The number of benzene rings is 3. The second-order valence-electron chi connectivity index (χ2n) is 6.71. The number of aromatic nitrogens is 2. The van der Waals surface area contributed by atoms with E-state index in [2.05, 4.69) is 21.2 Å². The van der Waals surface area contributed by atoms with Crippen molar-refractivity contribution in [3.63, 3.8) is 0 Å². The molecule has 1 aromatic heterocycles. The highest BCUT2D eigenvalue weighted by molar-refractivity contribution is 9.10. The first-order valence-electron chi connectivity index (χ1n) is 9.10. The van der Waals surface area contributed by atoms with E-state index in [1.165, 1.54) is 34.9 Å². The van der Waals surface area contributed by atoms with Crippen LogP contribution in [0.2, 0.25) is 5.02 Å². The maximum atomic E-state index is 13.3. The van der Waals surface area contributed by atoms with Crippen LogP contribution in [0.25, 0.3) is 16.6 Å². The van der Waals surface area contributed by atoms with Gasteiger partial charge in [-0.3, -0.25) is 14.2 Å². The minimum absolute atomic E-state index is 0.253. The first kappa shape index (κ1) is 21.0. The molecule has 0 atom stereocenters. The summed E-state index contributed by atoms with van der Waals surface area (Å²) in [7, 11) is 0. The zero-order valence-corrected chi connectivity index (χ0v) is 18.2. The average Bonchev–Trinajstić information content (AvgIpc) is 2.73. The van der Waals surface area contributed by atoms with Gasteiger partial charge in [-0.05, 0) is 60.7 Å². The van der Waals surface area contributed by atoms with Crippen molar-refractivity contribution in [1.29, 1.82) is 0 Å². The Balaban J connectivity index is 1.85. The lowest BCUT2D eigenvalue weighted by molar-refractivity contribution is -0.116. The van der Waals surface area contributed by atoms with Crippen LogP contribution in [0, 0.1) is 5.82 Å². The van der Waals surface area contributed by atoms with Gasteiger partial charge in [0.1, 0.15) is 12.4 Å². The van der Waals surface area contributed by atoms with E-state index in [-0.39, 0.29) is 17.6 Å². The number of nitrogens with one attached hydrogen (secondary N) is 1. The summed E-state index contributed by atoms with van der Waals surface area (Å²) in [4.78, 5) is 39.0. The molecule has 0 fully saturated rings. The van der Waals surface area contributed by atoms with E-state index in [0.29, 0.717) is 20.7 Å². The fourth-order valence-electron chi connectivity index (χ4n) is 3.22. The number of fused-ring (bicyclic) bond motifs is 1. The van der Waals surface area contributed by atoms with E-state index < -0.39 is 23.0 Å². The lowest BCUT2D eigenvalue weighted by Crippen LogP contribution is -2.40. The topological polar surface area (TPSA) is 73.1 Å². The standard InChI is InChI=1S/C22H14BrClFN3O3/c23-13-4-9-19-18(10-13)21(30)28(17-3-1-2-14(24)11-17)22(31)27(19)12-20(29)26-16-7-5-15(25)6-8-16/h1-11H,12H2,(H,26,29). The van der Waals surface area contributed by atoms with Gasteiger partial charge >= 0.3 is 5.69 Å². The molecule has 0 aliphatic carbocycles. The minimum atomic E-state index is -0.684. The van der Waals surface area contributed by atoms with Crippen LogP contribution in [0.15, 0.2) is 80.8 Å². The van der Waals surface area contributed by atoms with Crippen molar-refractivity contribution in [3.05, 3.63) is 103 Å². The molecule has 0 radical (unpaired) electrons. The Morgan fingerprint density at radius 2 is 1.77 bits per heavy atom. The third kappa shape index (κ3) is 4.30. The summed E-state index contributed by atoms with van der Waals surface area (Å²) in [6.45, 7) is -0.352. The van der Waals surface area contributed by atoms with Gasteiger partial charge < -0.3 is 5.32 Å². The first-order chi connectivity index (χ1) is 14.8. The molecule has 4 rings (SSSR count). The Hall–Kier alpha value is -3.23. The van der Waals surface area contributed by atoms with Gasteiger partial charge in [-0.1, -0.05) is 33.6 Å². The quantitative estimate of drug-likeness (QED) is 0.451. The van der Waals surface area contributed by atoms with Crippen molar-refractivity contribution in [2.45, 2.75) is 6.54 Å². The van der Waals surface area contributed by atoms with Crippen LogP contribution < -0.4 is 16.6 Å². The number of anilines is 1. The molecule has 156 valence electrons. The fraction of sp³-hybridized carbons (Fsp3) is 0.0455. The van der Waals surface area contributed by atoms with E-state index in [9.17, 15) is 18.8 Å². The molecule has 1 amide bonds. The summed E-state index contributed by atoms with van der Waals surface area (Å²) >= 11 is 9.38. The number of halogens is 3. The summed E-state index contributed by atoms with van der Waals surface area (Å²) in [5.41, 5.74) is -0.229. The van der Waals surface area contributed by atoms with Gasteiger partial charge in [0, 0.05) is 15.2 Å². The van der Waals surface area contributed by atoms with Crippen molar-refractivity contribution in [3.8, 4) is 5.69 Å². The summed E-state index contributed by atoms with van der Waals surface area (Å²) in [5.74, 6) is -0.936. The summed E-state index contributed by atoms with van der Waals surface area (Å²) in [5, 5.41) is 3.23. The lowest BCUT2D eigenvalue weighted by Gasteiger charge is -2.14. The molecule has 0 aliphatic rings. The molecular formula is C22H14BrClFN3O3. The summed E-state index contributed by atoms with van der Waals surface area (Å²) in [6.07, 6.45) is 0. The third-order valence-electron chi connectivity index (χ3n) is 4.60. The van der Waals surface area contributed by atoms with Crippen LogP contribution in [0.3, 0.4) is 0 Å². The molecule has 0 bridgehead atoms. The predicted octanol–water partition coefficient (Wildman–Crippen LogP) is 4.35. The molecule has 4 aromatic rings. The van der Waals surface area contributed by atoms with Crippen molar-refractivity contribution < 1.29 is 9.18 Å². The molecule has 6 nitrogen and oxygen atoms in total. The molecule has 31 heavy (non-hydrogen) atoms. The maximum Gasteiger partial charge on any atom is 0.336 e. The molecule has 1 heterocycles.